The van der Waals surface area contributed by atoms with Gasteiger partial charge in [0.05, 0.1) is 12.2 Å². The lowest BCUT2D eigenvalue weighted by Crippen LogP contribution is -2.41. The van der Waals surface area contributed by atoms with Crippen LogP contribution in [0.25, 0.3) is 0 Å². The molecule has 1 aliphatic heterocycles. The van der Waals surface area contributed by atoms with E-state index in [0.717, 1.165) is 17.3 Å². The topological polar surface area (TPSA) is 73.8 Å². The fourth-order valence-corrected chi connectivity index (χ4v) is 4.96. The Morgan fingerprint density at radius 3 is 2.33 bits per heavy atom. The van der Waals surface area contributed by atoms with E-state index in [2.05, 4.69) is 15.0 Å². The van der Waals surface area contributed by atoms with Crippen molar-refractivity contribution in [2.45, 2.75) is 24.3 Å². The smallest absolute Gasteiger partial charge is 0.266 e. The predicted octanol–water partition coefficient (Wildman–Crippen LogP) is 4.44. The molecule has 1 atom stereocenters. The molecule has 3 aromatic rings. The summed E-state index contributed by atoms with van der Waals surface area (Å²) in [7, 11) is -0.115. The minimum absolute atomic E-state index is 0.0215. The van der Waals surface area contributed by atoms with E-state index in [1.165, 1.54) is 12.1 Å². The van der Waals surface area contributed by atoms with E-state index in [1.807, 2.05) is 43.3 Å². The lowest BCUT2D eigenvalue weighted by atomic mass is 9.91. The summed E-state index contributed by atoms with van der Waals surface area (Å²) in [5.74, 6) is -1.88. The summed E-state index contributed by atoms with van der Waals surface area (Å²) in [6, 6.07) is 16.0. The number of rotatable bonds is 5. The van der Waals surface area contributed by atoms with E-state index < -0.39 is 27.6 Å². The van der Waals surface area contributed by atoms with E-state index in [4.69, 9.17) is 0 Å². The molecule has 0 saturated carbocycles. The maximum Gasteiger partial charge on any atom is 0.266 e. The fraction of sp³-hybridized carbons (Fsp3) is 0.208. The molecule has 0 aromatic heterocycles. The number of sulfonamides is 1. The molecular weight excluding hydrogens is 446 g/mol. The molecule has 0 fully saturated rings. The Morgan fingerprint density at radius 1 is 0.970 bits per heavy atom. The molecule has 0 bridgehead atoms. The number of benzene rings is 3. The second kappa shape index (κ2) is 8.82. The number of guanidine groups is 1. The number of nitrogens with one attached hydrogen (secondary N) is 2. The molecule has 3 aromatic carbocycles. The van der Waals surface area contributed by atoms with Crippen molar-refractivity contribution in [2.75, 3.05) is 24.3 Å². The van der Waals surface area contributed by atoms with E-state index in [-0.39, 0.29) is 34.2 Å². The molecule has 1 aliphatic rings. The molecule has 2 N–H and O–H groups in total. The van der Waals surface area contributed by atoms with Crippen LogP contribution in [0.3, 0.4) is 0 Å². The number of hydrogen-bond acceptors (Lipinski definition) is 4. The van der Waals surface area contributed by atoms with E-state index in [0.29, 0.717) is 0 Å². The summed E-state index contributed by atoms with van der Waals surface area (Å²) in [5, 5.41) is 2.92. The van der Waals surface area contributed by atoms with Crippen molar-refractivity contribution in [1.29, 1.82) is 0 Å². The minimum atomic E-state index is -3.99. The van der Waals surface area contributed by atoms with Crippen molar-refractivity contribution in [3.8, 4) is 0 Å². The third kappa shape index (κ3) is 4.54. The van der Waals surface area contributed by atoms with Crippen LogP contribution in [0.5, 0.6) is 0 Å². The van der Waals surface area contributed by atoms with Crippen LogP contribution in [-0.2, 0) is 16.6 Å². The van der Waals surface area contributed by atoms with Crippen molar-refractivity contribution in [2.24, 2.45) is 4.99 Å². The first kappa shape index (κ1) is 22.7. The average molecular weight is 471 g/mol. The van der Waals surface area contributed by atoms with Crippen LogP contribution in [0.2, 0.25) is 0 Å². The fourth-order valence-electron chi connectivity index (χ4n) is 3.80. The molecule has 0 unspecified atom stereocenters. The molecule has 9 heteroatoms. The summed E-state index contributed by atoms with van der Waals surface area (Å²) in [6.45, 7) is 1.85. The number of nitrogens with zero attached hydrogens (tertiary/aromatic N) is 2. The second-order valence-corrected chi connectivity index (χ2v) is 9.68. The van der Waals surface area contributed by atoms with Gasteiger partial charge >= 0.3 is 0 Å². The van der Waals surface area contributed by atoms with Gasteiger partial charge in [0.25, 0.3) is 10.0 Å². The molecule has 0 saturated heterocycles. The van der Waals surface area contributed by atoms with Gasteiger partial charge in [0, 0.05) is 31.3 Å². The van der Waals surface area contributed by atoms with Crippen molar-refractivity contribution in [3.05, 3.63) is 89.0 Å². The number of aliphatic imine (C=N–C) groups is 1. The standard InChI is InChI=1S/C24H24F2N4O2S/c1-15(18-6-4-5-7-19(18)25)22-20(26)12-13-21-23(22)28-24(29-33(21,31)32)27-14-16-8-10-17(11-9-16)30(2)3/h4-13,15H,14H2,1-3H3,(H2,27,28,29)/t15-/m1/s1. The highest BCUT2D eigenvalue weighted by Gasteiger charge is 2.32. The highest BCUT2D eigenvalue weighted by Crippen LogP contribution is 2.38. The third-order valence-corrected chi connectivity index (χ3v) is 6.98. The Labute approximate surface area is 192 Å². The maximum absolute atomic E-state index is 15.0. The van der Waals surface area contributed by atoms with Crippen LogP contribution >= 0.6 is 0 Å². The predicted molar refractivity (Wildman–Crippen MR) is 126 cm³/mol. The average Bonchev–Trinajstić information content (AvgIpc) is 2.77. The first-order valence-corrected chi connectivity index (χ1v) is 11.8. The number of fused-ring (bicyclic) bond motifs is 1. The highest BCUT2D eigenvalue weighted by molar-refractivity contribution is 7.90. The van der Waals surface area contributed by atoms with Gasteiger partial charge < -0.3 is 10.2 Å². The maximum atomic E-state index is 15.0. The zero-order valence-electron chi connectivity index (χ0n) is 18.4. The van der Waals surface area contributed by atoms with Crippen molar-refractivity contribution >= 4 is 27.4 Å². The minimum Gasteiger partial charge on any atom is -0.378 e. The van der Waals surface area contributed by atoms with Crippen molar-refractivity contribution < 1.29 is 17.2 Å². The molecule has 4 rings (SSSR count). The first-order chi connectivity index (χ1) is 15.7. The highest BCUT2D eigenvalue weighted by atomic mass is 32.2. The molecule has 0 radical (unpaired) electrons. The van der Waals surface area contributed by atoms with Crippen molar-refractivity contribution in [1.82, 2.24) is 4.72 Å². The zero-order valence-corrected chi connectivity index (χ0v) is 19.2. The van der Waals surface area contributed by atoms with E-state index in [9.17, 15) is 17.2 Å². The summed E-state index contributed by atoms with van der Waals surface area (Å²) < 4.78 is 57.5. The Hall–Kier alpha value is -3.46. The van der Waals surface area contributed by atoms with Gasteiger partial charge in [-0.05, 0) is 41.5 Å². The van der Waals surface area contributed by atoms with Crippen LogP contribution in [0.4, 0.5) is 20.2 Å². The molecule has 1 heterocycles. The number of anilines is 2. The summed E-state index contributed by atoms with van der Waals surface area (Å²) in [5.41, 5.74) is 2.29. The van der Waals surface area contributed by atoms with Gasteiger partial charge in [0.2, 0.25) is 5.96 Å². The van der Waals surface area contributed by atoms with Crippen molar-refractivity contribution in [3.63, 3.8) is 0 Å². The van der Waals surface area contributed by atoms with E-state index in [1.54, 1.807) is 25.1 Å². The van der Waals surface area contributed by atoms with Crippen LogP contribution in [0.1, 0.15) is 29.5 Å². The van der Waals surface area contributed by atoms with Crippen LogP contribution < -0.4 is 14.9 Å². The molecule has 0 aliphatic carbocycles. The van der Waals surface area contributed by atoms with E-state index >= 15 is 0 Å². The SMILES string of the molecule is C[C@H](c1ccccc1F)c1c(F)ccc2c1NC(=NCc1ccc(N(C)C)cc1)NS2(=O)=O. The Balaban J connectivity index is 1.71. The molecular formula is C24H24F2N4O2S. The lowest BCUT2D eigenvalue weighted by Gasteiger charge is -2.26. The van der Waals surface area contributed by atoms with Crippen LogP contribution in [0, 0.1) is 11.6 Å². The second-order valence-electron chi connectivity index (χ2n) is 8.03. The molecule has 0 amide bonds. The van der Waals surface area contributed by atoms with Gasteiger partial charge in [0.1, 0.15) is 16.5 Å². The Kier molecular flexibility index (Phi) is 6.07. The molecule has 33 heavy (non-hydrogen) atoms. The number of hydrogen-bond donors (Lipinski definition) is 2. The van der Waals surface area contributed by atoms with Crippen LogP contribution in [-0.4, -0.2) is 28.5 Å². The molecule has 172 valence electrons. The third-order valence-electron chi connectivity index (χ3n) is 5.60. The summed E-state index contributed by atoms with van der Waals surface area (Å²) in [4.78, 5) is 6.20. The lowest BCUT2D eigenvalue weighted by molar-refractivity contribution is 0.577. The molecule has 0 spiro atoms. The Bertz CT molecular complexity index is 1320. The largest absolute Gasteiger partial charge is 0.378 e. The first-order valence-electron chi connectivity index (χ1n) is 10.3. The van der Waals surface area contributed by atoms with Gasteiger partial charge in [-0.1, -0.05) is 37.3 Å². The quantitative estimate of drug-likeness (QED) is 0.578. The summed E-state index contributed by atoms with van der Waals surface area (Å²) >= 11 is 0. The molecule has 6 nitrogen and oxygen atoms in total. The normalized spacial score (nSPS) is 16.5. The monoisotopic (exact) mass is 470 g/mol. The van der Waals surface area contributed by atoms with Gasteiger partial charge in [-0.25, -0.2) is 26.9 Å². The number of halogens is 2. The summed E-state index contributed by atoms with van der Waals surface area (Å²) in [6.07, 6.45) is 0. The Morgan fingerprint density at radius 2 is 1.67 bits per heavy atom. The van der Waals surface area contributed by atoms with Gasteiger partial charge in [-0.3, -0.25) is 0 Å². The van der Waals surface area contributed by atoms with Gasteiger partial charge in [-0.2, -0.15) is 0 Å². The van der Waals surface area contributed by atoms with Crippen LogP contribution in [0.15, 0.2) is 70.6 Å². The zero-order chi connectivity index (χ0) is 23.8. The van der Waals surface area contributed by atoms with Gasteiger partial charge in [-0.15, -0.1) is 0 Å². The van der Waals surface area contributed by atoms with Gasteiger partial charge in [0.15, 0.2) is 0 Å².